The van der Waals surface area contributed by atoms with Gasteiger partial charge in [-0.05, 0) is 42.9 Å². The van der Waals surface area contributed by atoms with Crippen LogP contribution < -0.4 is 10.6 Å². The van der Waals surface area contributed by atoms with E-state index < -0.39 is 0 Å². The molecule has 0 unspecified atom stereocenters. The van der Waals surface area contributed by atoms with Gasteiger partial charge in [0.25, 0.3) is 0 Å². The molecule has 2 heterocycles. The molecule has 0 saturated heterocycles. The monoisotopic (exact) mass is 357 g/mol. The van der Waals surface area contributed by atoms with E-state index in [0.717, 1.165) is 22.6 Å². The molecule has 0 atom stereocenters. The summed E-state index contributed by atoms with van der Waals surface area (Å²) in [6.45, 7) is 2.41. The van der Waals surface area contributed by atoms with Crippen molar-refractivity contribution < 1.29 is 4.42 Å². The minimum atomic E-state index is 0.436. The molecular weight excluding hydrogens is 342 g/mol. The van der Waals surface area contributed by atoms with E-state index in [-0.39, 0.29) is 0 Å². The maximum atomic E-state index is 6.13. The van der Waals surface area contributed by atoms with Gasteiger partial charge in [-0.1, -0.05) is 41.9 Å². The van der Waals surface area contributed by atoms with Crippen LogP contribution in [-0.4, -0.2) is 10.1 Å². The maximum Gasteiger partial charge on any atom is 0.172 e. The molecule has 0 amide bonds. The summed E-state index contributed by atoms with van der Waals surface area (Å²) in [7, 11) is 0. The Kier molecular flexibility index (Phi) is 5.13. The summed E-state index contributed by atoms with van der Waals surface area (Å²) in [4.78, 5) is 4.22. The molecule has 0 radical (unpaired) electrons. The molecule has 0 saturated carbocycles. The molecule has 0 spiro atoms. The van der Waals surface area contributed by atoms with Gasteiger partial charge in [-0.2, -0.15) is 0 Å². The molecule has 0 bridgehead atoms. The van der Waals surface area contributed by atoms with E-state index in [0.29, 0.717) is 22.5 Å². The van der Waals surface area contributed by atoms with Crippen molar-refractivity contribution in [1.82, 2.24) is 10.3 Å². The number of hydrogen-bond acceptors (Lipinski definition) is 3. The Hall–Kier alpha value is -2.37. The van der Waals surface area contributed by atoms with Crippen LogP contribution in [0.3, 0.4) is 0 Å². The summed E-state index contributed by atoms with van der Waals surface area (Å²) >= 11 is 11.4. The van der Waals surface area contributed by atoms with Crippen molar-refractivity contribution in [3.05, 3.63) is 71.1 Å². The van der Waals surface area contributed by atoms with E-state index in [4.69, 9.17) is 28.2 Å². The van der Waals surface area contributed by atoms with Gasteiger partial charge in [0, 0.05) is 11.8 Å². The molecular formula is C18H16ClN3OS. The predicted octanol–water partition coefficient (Wildman–Crippen LogP) is 4.79. The van der Waals surface area contributed by atoms with Gasteiger partial charge in [0.05, 0.1) is 11.6 Å². The molecule has 0 fully saturated rings. The number of hydrogen-bond donors (Lipinski definition) is 2. The second kappa shape index (κ2) is 7.47. The van der Waals surface area contributed by atoms with Crippen LogP contribution >= 0.6 is 23.8 Å². The first kappa shape index (κ1) is 16.5. The fraction of sp³-hybridized carbons (Fsp3) is 0.111. The van der Waals surface area contributed by atoms with Crippen LogP contribution in [0.1, 0.15) is 11.3 Å². The fourth-order valence-electron chi connectivity index (χ4n) is 2.18. The van der Waals surface area contributed by atoms with E-state index in [9.17, 15) is 0 Å². The van der Waals surface area contributed by atoms with Crippen LogP contribution in [0.5, 0.6) is 0 Å². The first-order valence-corrected chi connectivity index (χ1v) is 8.21. The first-order chi connectivity index (χ1) is 11.6. The summed E-state index contributed by atoms with van der Waals surface area (Å²) < 4.78 is 5.82. The molecule has 0 aliphatic rings. The lowest BCUT2D eigenvalue weighted by Crippen LogP contribution is -2.28. The lowest BCUT2D eigenvalue weighted by Gasteiger charge is -2.10. The van der Waals surface area contributed by atoms with Crippen molar-refractivity contribution in [3.63, 3.8) is 0 Å². The number of furan rings is 1. The largest absolute Gasteiger partial charge is 0.459 e. The highest BCUT2D eigenvalue weighted by Crippen LogP contribution is 2.22. The van der Waals surface area contributed by atoms with Gasteiger partial charge in [0.15, 0.2) is 10.9 Å². The Bertz CT molecular complexity index is 848. The van der Waals surface area contributed by atoms with Crippen molar-refractivity contribution >= 4 is 34.7 Å². The third kappa shape index (κ3) is 4.13. The topological polar surface area (TPSA) is 50.1 Å². The maximum absolute atomic E-state index is 6.13. The minimum absolute atomic E-state index is 0.436. The average Bonchev–Trinajstić information content (AvgIpc) is 3.05. The van der Waals surface area contributed by atoms with E-state index in [2.05, 4.69) is 15.6 Å². The summed E-state index contributed by atoms with van der Waals surface area (Å²) in [5.74, 6) is 2.15. The number of anilines is 1. The van der Waals surface area contributed by atoms with Crippen LogP contribution in [0.25, 0.3) is 11.3 Å². The van der Waals surface area contributed by atoms with Gasteiger partial charge in [-0.25, -0.2) is 4.98 Å². The third-order valence-electron chi connectivity index (χ3n) is 3.35. The summed E-state index contributed by atoms with van der Waals surface area (Å²) in [5, 5.41) is 7.03. The Morgan fingerprint density at radius 3 is 2.75 bits per heavy atom. The molecule has 1 aromatic carbocycles. The number of aryl methyl sites for hydroxylation is 1. The second-order valence-electron chi connectivity index (χ2n) is 5.28. The van der Waals surface area contributed by atoms with Gasteiger partial charge >= 0.3 is 0 Å². The highest BCUT2D eigenvalue weighted by Gasteiger charge is 2.07. The molecule has 2 N–H and O–H groups in total. The zero-order chi connectivity index (χ0) is 16.9. The fourth-order valence-corrected chi connectivity index (χ4v) is 2.61. The van der Waals surface area contributed by atoms with Crippen LogP contribution in [0, 0.1) is 6.92 Å². The molecule has 122 valence electrons. The summed E-state index contributed by atoms with van der Waals surface area (Å²) in [6.07, 6.45) is 1.73. The van der Waals surface area contributed by atoms with Crippen LogP contribution in [0.4, 0.5) is 5.82 Å². The molecule has 24 heavy (non-hydrogen) atoms. The van der Waals surface area contributed by atoms with E-state index >= 15 is 0 Å². The van der Waals surface area contributed by atoms with E-state index in [1.165, 1.54) is 0 Å². The SMILES string of the molecule is Cc1cnc(NC(=S)NCc2ccc(-c3ccccc3)o2)c(Cl)c1. The highest BCUT2D eigenvalue weighted by molar-refractivity contribution is 7.80. The van der Waals surface area contributed by atoms with Gasteiger partial charge < -0.3 is 15.1 Å². The molecule has 2 aromatic heterocycles. The molecule has 3 rings (SSSR count). The molecule has 6 heteroatoms. The van der Waals surface area contributed by atoms with Gasteiger partial charge in [0.2, 0.25) is 0 Å². The summed E-state index contributed by atoms with van der Waals surface area (Å²) in [5.41, 5.74) is 2.04. The second-order valence-corrected chi connectivity index (χ2v) is 6.10. The Labute approximate surface area is 150 Å². The predicted molar refractivity (Wildman–Crippen MR) is 101 cm³/mol. The average molecular weight is 358 g/mol. The lowest BCUT2D eigenvalue weighted by atomic mass is 10.2. The van der Waals surface area contributed by atoms with Crippen molar-refractivity contribution in [2.45, 2.75) is 13.5 Å². The number of aromatic nitrogens is 1. The number of benzene rings is 1. The summed E-state index contributed by atoms with van der Waals surface area (Å²) in [6, 6.07) is 15.7. The van der Waals surface area contributed by atoms with Gasteiger partial charge in [-0.15, -0.1) is 0 Å². The smallest absolute Gasteiger partial charge is 0.172 e. The Morgan fingerprint density at radius 2 is 2.00 bits per heavy atom. The van der Waals surface area contributed by atoms with Crippen molar-refractivity contribution in [2.75, 3.05) is 5.32 Å². The van der Waals surface area contributed by atoms with Gasteiger partial charge in [-0.3, -0.25) is 0 Å². The van der Waals surface area contributed by atoms with E-state index in [1.807, 2.05) is 55.5 Å². The Balaban J connectivity index is 1.58. The number of nitrogens with one attached hydrogen (secondary N) is 2. The standard InChI is InChI=1S/C18H16ClN3OS/c1-12-9-15(19)17(20-10-12)22-18(24)21-11-14-7-8-16(23-14)13-5-3-2-4-6-13/h2-10H,11H2,1H3,(H2,20,21,22,24). The number of nitrogens with zero attached hydrogens (tertiary/aromatic N) is 1. The van der Waals surface area contributed by atoms with Crippen LogP contribution in [0.2, 0.25) is 5.02 Å². The molecule has 3 aromatic rings. The molecule has 4 nitrogen and oxygen atoms in total. The van der Waals surface area contributed by atoms with Crippen LogP contribution in [0.15, 0.2) is 59.1 Å². The van der Waals surface area contributed by atoms with Crippen molar-refractivity contribution in [1.29, 1.82) is 0 Å². The number of halogens is 1. The first-order valence-electron chi connectivity index (χ1n) is 7.43. The number of thiocarbonyl (C=S) groups is 1. The quantitative estimate of drug-likeness (QED) is 0.657. The van der Waals surface area contributed by atoms with E-state index in [1.54, 1.807) is 6.20 Å². The number of pyridine rings is 1. The Morgan fingerprint density at radius 1 is 1.21 bits per heavy atom. The molecule has 0 aliphatic heterocycles. The van der Waals surface area contributed by atoms with Crippen molar-refractivity contribution in [2.24, 2.45) is 0 Å². The van der Waals surface area contributed by atoms with Gasteiger partial charge in [0.1, 0.15) is 11.5 Å². The zero-order valence-electron chi connectivity index (χ0n) is 13.0. The minimum Gasteiger partial charge on any atom is -0.459 e. The zero-order valence-corrected chi connectivity index (χ0v) is 14.6. The molecule has 0 aliphatic carbocycles. The highest BCUT2D eigenvalue weighted by atomic mass is 35.5. The third-order valence-corrected chi connectivity index (χ3v) is 3.89. The van der Waals surface area contributed by atoms with Crippen LogP contribution in [-0.2, 0) is 6.54 Å². The lowest BCUT2D eigenvalue weighted by molar-refractivity contribution is 0.516. The number of rotatable bonds is 4. The normalized spacial score (nSPS) is 10.4. The van der Waals surface area contributed by atoms with Crippen molar-refractivity contribution in [3.8, 4) is 11.3 Å².